The van der Waals surface area contributed by atoms with Crippen LogP contribution in [0.25, 0.3) is 0 Å². The maximum atomic E-state index is 5.55. The average molecular weight is 272 g/mol. The molecular formula is C15H16N2OS. The third-order valence-electron chi connectivity index (χ3n) is 2.70. The molecule has 0 atom stereocenters. The Labute approximate surface area is 117 Å². The minimum Gasteiger partial charge on any atom is -0.437 e. The van der Waals surface area contributed by atoms with E-state index < -0.39 is 0 Å². The Morgan fingerprint density at radius 3 is 2.79 bits per heavy atom. The van der Waals surface area contributed by atoms with Crippen molar-refractivity contribution in [1.82, 2.24) is 4.98 Å². The molecule has 19 heavy (non-hydrogen) atoms. The summed E-state index contributed by atoms with van der Waals surface area (Å²) in [7, 11) is 0. The molecule has 1 aromatic carbocycles. The van der Waals surface area contributed by atoms with E-state index in [2.05, 4.69) is 22.9 Å². The van der Waals surface area contributed by atoms with Crippen LogP contribution in [0, 0.1) is 25.7 Å². The summed E-state index contributed by atoms with van der Waals surface area (Å²) in [6, 6.07) is 8.06. The normalized spacial score (nSPS) is 10.1. The Balaban J connectivity index is 2.11. The molecule has 3 nitrogen and oxygen atoms in total. The maximum absolute atomic E-state index is 5.55. The first kappa shape index (κ1) is 13.7. The zero-order valence-corrected chi connectivity index (χ0v) is 11.9. The SMILES string of the molecule is Cc1nc(SCc2ccccc2C#CCN)oc1C. The van der Waals surface area contributed by atoms with Gasteiger partial charge in [0.2, 0.25) is 0 Å². The van der Waals surface area contributed by atoms with Crippen molar-refractivity contribution >= 4 is 11.8 Å². The lowest BCUT2D eigenvalue weighted by molar-refractivity contribution is 0.431. The molecule has 0 spiro atoms. The molecule has 0 radical (unpaired) electrons. The van der Waals surface area contributed by atoms with Crippen LogP contribution in [0.15, 0.2) is 33.9 Å². The first-order chi connectivity index (χ1) is 9.20. The molecule has 0 bridgehead atoms. The van der Waals surface area contributed by atoms with Crippen LogP contribution in [-0.2, 0) is 5.75 Å². The lowest BCUT2D eigenvalue weighted by Crippen LogP contribution is -1.94. The van der Waals surface area contributed by atoms with E-state index >= 15 is 0 Å². The van der Waals surface area contributed by atoms with Crippen LogP contribution in [0.4, 0.5) is 0 Å². The molecule has 0 aliphatic heterocycles. The van der Waals surface area contributed by atoms with E-state index in [4.69, 9.17) is 10.2 Å². The number of hydrogen-bond acceptors (Lipinski definition) is 4. The molecule has 0 saturated carbocycles. The van der Waals surface area contributed by atoms with Gasteiger partial charge in [0.05, 0.1) is 12.2 Å². The minimum atomic E-state index is 0.375. The van der Waals surface area contributed by atoms with Crippen molar-refractivity contribution in [3.63, 3.8) is 0 Å². The van der Waals surface area contributed by atoms with E-state index in [0.717, 1.165) is 22.8 Å². The number of aryl methyl sites for hydroxylation is 2. The molecule has 0 saturated heterocycles. The molecule has 4 heteroatoms. The van der Waals surface area contributed by atoms with Crippen molar-refractivity contribution in [3.8, 4) is 11.8 Å². The molecule has 0 aliphatic carbocycles. The van der Waals surface area contributed by atoms with Crippen LogP contribution in [0.2, 0.25) is 0 Å². The molecule has 2 N–H and O–H groups in total. The summed E-state index contributed by atoms with van der Waals surface area (Å²) in [6.07, 6.45) is 0. The highest BCUT2D eigenvalue weighted by Gasteiger charge is 2.07. The smallest absolute Gasteiger partial charge is 0.256 e. The van der Waals surface area contributed by atoms with Crippen molar-refractivity contribution < 1.29 is 4.42 Å². The number of aromatic nitrogens is 1. The number of oxazole rings is 1. The number of benzene rings is 1. The summed E-state index contributed by atoms with van der Waals surface area (Å²) in [5, 5.41) is 0.705. The third kappa shape index (κ3) is 3.63. The standard InChI is InChI=1S/C15H16N2OS/c1-11-12(2)18-15(17-11)19-10-14-7-4-3-6-13(14)8-5-9-16/h3-4,6-7H,9-10,16H2,1-2H3. The van der Waals surface area contributed by atoms with Crippen LogP contribution >= 0.6 is 11.8 Å². The molecule has 2 aromatic rings. The highest BCUT2D eigenvalue weighted by molar-refractivity contribution is 7.98. The summed E-state index contributed by atoms with van der Waals surface area (Å²) in [5.74, 6) is 7.63. The van der Waals surface area contributed by atoms with E-state index in [0.29, 0.717) is 11.8 Å². The van der Waals surface area contributed by atoms with E-state index in [1.54, 1.807) is 11.8 Å². The topological polar surface area (TPSA) is 52.0 Å². The van der Waals surface area contributed by atoms with Gasteiger partial charge in [-0.3, -0.25) is 0 Å². The first-order valence-electron chi connectivity index (χ1n) is 6.04. The van der Waals surface area contributed by atoms with Crippen LogP contribution in [0.5, 0.6) is 0 Å². The molecule has 0 fully saturated rings. The minimum absolute atomic E-state index is 0.375. The van der Waals surface area contributed by atoms with Crippen molar-refractivity contribution in [3.05, 3.63) is 46.8 Å². The number of thioether (sulfide) groups is 1. The van der Waals surface area contributed by atoms with Gasteiger partial charge >= 0.3 is 0 Å². The lowest BCUT2D eigenvalue weighted by Gasteiger charge is -2.02. The van der Waals surface area contributed by atoms with E-state index in [1.807, 2.05) is 32.0 Å². The Kier molecular flexibility index (Phi) is 4.67. The quantitative estimate of drug-likeness (QED) is 0.689. The van der Waals surface area contributed by atoms with Gasteiger partial charge in [-0.1, -0.05) is 41.8 Å². The van der Waals surface area contributed by atoms with Gasteiger partial charge in [-0.2, -0.15) is 0 Å². The van der Waals surface area contributed by atoms with E-state index in [9.17, 15) is 0 Å². The van der Waals surface area contributed by atoms with Crippen molar-refractivity contribution in [2.45, 2.75) is 24.8 Å². The van der Waals surface area contributed by atoms with Gasteiger partial charge in [-0.25, -0.2) is 4.98 Å². The predicted molar refractivity (Wildman–Crippen MR) is 77.9 cm³/mol. The molecule has 0 unspecified atom stereocenters. The second kappa shape index (κ2) is 6.46. The zero-order chi connectivity index (χ0) is 13.7. The van der Waals surface area contributed by atoms with Crippen molar-refractivity contribution in [1.29, 1.82) is 0 Å². The summed E-state index contributed by atoms with van der Waals surface area (Å²) in [5.41, 5.74) is 8.53. The molecule has 1 heterocycles. The fourth-order valence-electron chi connectivity index (χ4n) is 1.56. The highest BCUT2D eigenvalue weighted by atomic mass is 32.2. The number of nitrogens with two attached hydrogens (primary N) is 1. The van der Waals surface area contributed by atoms with E-state index in [1.165, 1.54) is 5.56 Å². The van der Waals surface area contributed by atoms with Gasteiger partial charge in [0, 0.05) is 11.3 Å². The van der Waals surface area contributed by atoms with Crippen LogP contribution < -0.4 is 5.73 Å². The Hall–Kier alpha value is -1.70. The summed E-state index contributed by atoms with van der Waals surface area (Å²) in [4.78, 5) is 4.36. The fourth-order valence-corrected chi connectivity index (χ4v) is 2.48. The van der Waals surface area contributed by atoms with Crippen LogP contribution in [-0.4, -0.2) is 11.5 Å². The fraction of sp³-hybridized carbons (Fsp3) is 0.267. The zero-order valence-electron chi connectivity index (χ0n) is 11.1. The Morgan fingerprint density at radius 1 is 1.32 bits per heavy atom. The molecular weight excluding hydrogens is 256 g/mol. The maximum Gasteiger partial charge on any atom is 0.256 e. The van der Waals surface area contributed by atoms with Gasteiger partial charge < -0.3 is 10.2 Å². The summed E-state index contributed by atoms with van der Waals surface area (Å²) < 4.78 is 5.55. The van der Waals surface area contributed by atoms with Crippen molar-refractivity contribution in [2.24, 2.45) is 5.73 Å². The van der Waals surface area contributed by atoms with E-state index in [-0.39, 0.29) is 0 Å². The monoisotopic (exact) mass is 272 g/mol. The van der Waals surface area contributed by atoms with Gasteiger partial charge in [-0.15, -0.1) is 0 Å². The van der Waals surface area contributed by atoms with Gasteiger partial charge in [0.25, 0.3) is 5.22 Å². The molecule has 1 aromatic heterocycles. The van der Waals surface area contributed by atoms with Crippen LogP contribution in [0.1, 0.15) is 22.6 Å². The first-order valence-corrected chi connectivity index (χ1v) is 7.03. The largest absolute Gasteiger partial charge is 0.437 e. The molecule has 0 aliphatic rings. The number of nitrogens with zero attached hydrogens (tertiary/aromatic N) is 1. The van der Waals surface area contributed by atoms with Gasteiger partial charge in [-0.05, 0) is 25.5 Å². The van der Waals surface area contributed by atoms with Gasteiger partial charge in [0.15, 0.2) is 0 Å². The van der Waals surface area contributed by atoms with Gasteiger partial charge in [0.1, 0.15) is 5.76 Å². The lowest BCUT2D eigenvalue weighted by atomic mass is 10.1. The number of rotatable bonds is 3. The number of hydrogen-bond donors (Lipinski definition) is 1. The summed E-state index contributed by atoms with van der Waals surface area (Å²) >= 11 is 1.58. The summed E-state index contributed by atoms with van der Waals surface area (Å²) in [6.45, 7) is 4.25. The Bertz CT molecular complexity index is 603. The third-order valence-corrected chi connectivity index (χ3v) is 3.58. The predicted octanol–water partition coefficient (Wildman–Crippen LogP) is 2.89. The Morgan fingerprint density at radius 2 is 2.11 bits per heavy atom. The molecule has 0 amide bonds. The molecule has 2 rings (SSSR count). The van der Waals surface area contributed by atoms with Crippen molar-refractivity contribution in [2.75, 3.05) is 6.54 Å². The molecule has 98 valence electrons. The highest BCUT2D eigenvalue weighted by Crippen LogP contribution is 2.25. The second-order valence-corrected chi connectivity index (χ2v) is 5.00. The van der Waals surface area contributed by atoms with Crippen LogP contribution in [0.3, 0.4) is 0 Å². The average Bonchev–Trinajstić information content (AvgIpc) is 2.74. The second-order valence-electron chi connectivity index (χ2n) is 4.07.